The molecule has 0 saturated heterocycles. The lowest BCUT2D eigenvalue weighted by Crippen LogP contribution is -2.28. The maximum absolute atomic E-state index is 13.1. The number of aryl methyl sites for hydroxylation is 2. The zero-order valence-corrected chi connectivity index (χ0v) is 20.1. The van der Waals surface area contributed by atoms with Gasteiger partial charge in [0.25, 0.3) is 11.5 Å². The molecule has 2 aromatic heterocycles. The molecule has 0 radical (unpaired) electrons. The first-order valence-electron chi connectivity index (χ1n) is 10.6. The van der Waals surface area contributed by atoms with Crippen molar-refractivity contribution in [3.05, 3.63) is 86.8 Å². The second kappa shape index (κ2) is 9.90. The Hall–Kier alpha value is -4.31. The molecule has 4 aromatic rings. The molecule has 0 aliphatic carbocycles. The van der Waals surface area contributed by atoms with E-state index in [0.29, 0.717) is 32.0 Å². The van der Waals surface area contributed by atoms with Crippen molar-refractivity contribution < 1.29 is 19.1 Å². The van der Waals surface area contributed by atoms with Crippen molar-refractivity contribution >= 4 is 50.7 Å². The van der Waals surface area contributed by atoms with E-state index in [2.05, 4.69) is 20.4 Å². The highest BCUT2D eigenvalue weighted by molar-refractivity contribution is 7.20. The summed E-state index contributed by atoms with van der Waals surface area (Å²) in [4.78, 5) is 55.4. The largest absolute Gasteiger partial charge is 0.465 e. The molecular weight excluding hydrogens is 468 g/mol. The van der Waals surface area contributed by atoms with E-state index in [0.717, 1.165) is 16.9 Å². The number of para-hydroxylation sites is 1. The molecule has 0 spiro atoms. The number of anilines is 2. The normalized spacial score (nSPS) is 10.7. The number of aromatic nitrogens is 2. The Morgan fingerprint density at radius 2 is 1.83 bits per heavy atom. The maximum atomic E-state index is 13.1. The van der Waals surface area contributed by atoms with Gasteiger partial charge in [-0.15, -0.1) is 11.3 Å². The molecule has 0 fully saturated rings. The number of nitrogens with zero attached hydrogens (tertiary/aromatic N) is 2. The monoisotopic (exact) mass is 490 g/mol. The Kier molecular flexibility index (Phi) is 6.74. The fraction of sp³-hybridized carbons (Fsp3) is 0.160. The summed E-state index contributed by atoms with van der Waals surface area (Å²) < 4.78 is 5.87. The van der Waals surface area contributed by atoms with Gasteiger partial charge in [0.15, 0.2) is 0 Å². The van der Waals surface area contributed by atoms with Crippen LogP contribution in [0.3, 0.4) is 0 Å². The van der Waals surface area contributed by atoms with E-state index in [1.165, 1.54) is 24.1 Å². The number of hydrogen-bond acceptors (Lipinski definition) is 7. The number of hydrogen-bond donors (Lipinski definition) is 2. The van der Waals surface area contributed by atoms with Crippen molar-refractivity contribution in [2.24, 2.45) is 0 Å². The summed E-state index contributed by atoms with van der Waals surface area (Å²) in [6, 6.07) is 13.7. The van der Waals surface area contributed by atoms with E-state index < -0.39 is 17.4 Å². The summed E-state index contributed by atoms with van der Waals surface area (Å²) in [6.07, 6.45) is 1.29. The van der Waals surface area contributed by atoms with Crippen molar-refractivity contribution in [1.29, 1.82) is 0 Å². The van der Waals surface area contributed by atoms with Crippen LogP contribution >= 0.6 is 11.3 Å². The molecule has 0 unspecified atom stereocenters. The van der Waals surface area contributed by atoms with Crippen LogP contribution in [0, 0.1) is 13.8 Å². The van der Waals surface area contributed by atoms with Gasteiger partial charge in [0.1, 0.15) is 11.4 Å². The van der Waals surface area contributed by atoms with Gasteiger partial charge in [0, 0.05) is 11.4 Å². The predicted molar refractivity (Wildman–Crippen MR) is 134 cm³/mol. The fourth-order valence-electron chi connectivity index (χ4n) is 3.58. The minimum Gasteiger partial charge on any atom is -0.465 e. The van der Waals surface area contributed by atoms with Crippen LogP contribution in [0.1, 0.15) is 31.2 Å². The van der Waals surface area contributed by atoms with Gasteiger partial charge >= 0.3 is 5.97 Å². The van der Waals surface area contributed by atoms with E-state index in [4.69, 9.17) is 0 Å². The molecule has 0 saturated carbocycles. The lowest BCUT2D eigenvalue weighted by molar-refractivity contribution is -0.116. The first kappa shape index (κ1) is 23.8. The molecule has 9 nitrogen and oxygen atoms in total. The third-order valence-electron chi connectivity index (χ3n) is 5.40. The Morgan fingerprint density at radius 3 is 2.57 bits per heavy atom. The standard InChI is InChI=1S/C25H22N4O5S/c1-14-7-4-5-10-18(14)28-22(31)21-15(2)20-23(35-21)26-13-29(24(20)32)12-19(30)27-17-9-6-8-16(11-17)25(33)34-3/h4-11,13H,12H2,1-3H3,(H,27,30)(H,28,31). The molecule has 4 rings (SSSR count). The maximum Gasteiger partial charge on any atom is 0.337 e. The number of methoxy groups -OCH3 is 1. The SMILES string of the molecule is COC(=O)c1cccc(NC(=O)Cn2cnc3sc(C(=O)Nc4ccccc4C)c(C)c3c2=O)c1. The fourth-order valence-corrected chi connectivity index (χ4v) is 4.61. The average Bonchev–Trinajstić information content (AvgIpc) is 3.19. The molecule has 0 aliphatic rings. The quantitative estimate of drug-likeness (QED) is 0.397. The lowest BCUT2D eigenvalue weighted by atomic mass is 10.2. The van der Waals surface area contributed by atoms with Crippen LogP contribution < -0.4 is 16.2 Å². The molecule has 2 amide bonds. The number of esters is 1. The van der Waals surface area contributed by atoms with Crippen LogP contribution in [-0.2, 0) is 16.1 Å². The molecule has 0 bridgehead atoms. The number of thiophene rings is 1. The second-order valence-electron chi connectivity index (χ2n) is 7.80. The summed E-state index contributed by atoms with van der Waals surface area (Å²) in [5.74, 6) is -1.32. The summed E-state index contributed by atoms with van der Waals surface area (Å²) in [7, 11) is 1.27. The van der Waals surface area contributed by atoms with E-state index in [9.17, 15) is 19.2 Å². The molecule has 10 heteroatoms. The number of benzene rings is 2. The molecule has 2 N–H and O–H groups in total. The first-order valence-corrected chi connectivity index (χ1v) is 11.4. The second-order valence-corrected chi connectivity index (χ2v) is 8.80. The third-order valence-corrected chi connectivity index (χ3v) is 6.60. The minimum absolute atomic E-state index is 0.287. The zero-order valence-electron chi connectivity index (χ0n) is 19.2. The molecule has 2 heterocycles. The average molecular weight is 491 g/mol. The van der Waals surface area contributed by atoms with E-state index >= 15 is 0 Å². The minimum atomic E-state index is -0.526. The van der Waals surface area contributed by atoms with Crippen LogP contribution in [0.5, 0.6) is 0 Å². The van der Waals surface area contributed by atoms with E-state index in [1.807, 2.05) is 25.1 Å². The Bertz CT molecular complexity index is 1520. The Balaban J connectivity index is 1.56. The number of carbonyl (C=O) groups excluding carboxylic acids is 3. The van der Waals surface area contributed by atoms with Crippen molar-refractivity contribution in [1.82, 2.24) is 9.55 Å². The van der Waals surface area contributed by atoms with Gasteiger partial charge in [-0.05, 0) is 49.2 Å². The van der Waals surface area contributed by atoms with Crippen molar-refractivity contribution in [2.75, 3.05) is 17.7 Å². The smallest absolute Gasteiger partial charge is 0.337 e. The van der Waals surface area contributed by atoms with Gasteiger partial charge in [0.2, 0.25) is 5.91 Å². The number of nitrogens with one attached hydrogen (secondary N) is 2. The van der Waals surface area contributed by atoms with E-state index in [-0.39, 0.29) is 18.0 Å². The Labute approximate surface area is 204 Å². The van der Waals surface area contributed by atoms with Crippen molar-refractivity contribution in [3.8, 4) is 0 Å². The number of rotatable bonds is 6. The lowest BCUT2D eigenvalue weighted by Gasteiger charge is -2.08. The highest BCUT2D eigenvalue weighted by atomic mass is 32.1. The van der Waals surface area contributed by atoms with Crippen LogP contribution in [0.25, 0.3) is 10.2 Å². The van der Waals surface area contributed by atoms with Gasteiger partial charge in [-0.2, -0.15) is 0 Å². The van der Waals surface area contributed by atoms with Crippen LogP contribution in [0.4, 0.5) is 11.4 Å². The Morgan fingerprint density at radius 1 is 1.06 bits per heavy atom. The number of amides is 2. The topological polar surface area (TPSA) is 119 Å². The van der Waals surface area contributed by atoms with Crippen LogP contribution in [0.15, 0.2) is 59.7 Å². The van der Waals surface area contributed by atoms with Gasteiger partial charge in [-0.3, -0.25) is 19.0 Å². The summed E-state index contributed by atoms with van der Waals surface area (Å²) in [5, 5.41) is 5.84. The summed E-state index contributed by atoms with van der Waals surface area (Å²) >= 11 is 1.13. The van der Waals surface area contributed by atoms with Crippen molar-refractivity contribution in [2.45, 2.75) is 20.4 Å². The van der Waals surface area contributed by atoms with E-state index in [1.54, 1.807) is 31.2 Å². The van der Waals surface area contributed by atoms with Crippen LogP contribution in [-0.4, -0.2) is 34.4 Å². The van der Waals surface area contributed by atoms with Gasteiger partial charge in [-0.25, -0.2) is 9.78 Å². The highest BCUT2D eigenvalue weighted by Gasteiger charge is 2.20. The highest BCUT2D eigenvalue weighted by Crippen LogP contribution is 2.28. The van der Waals surface area contributed by atoms with Gasteiger partial charge in [-0.1, -0.05) is 24.3 Å². The molecule has 0 atom stereocenters. The first-order chi connectivity index (χ1) is 16.8. The van der Waals surface area contributed by atoms with Crippen LogP contribution in [0.2, 0.25) is 0 Å². The zero-order chi connectivity index (χ0) is 25.1. The molecule has 178 valence electrons. The molecule has 0 aliphatic heterocycles. The predicted octanol–water partition coefficient (Wildman–Crippen LogP) is 3.75. The van der Waals surface area contributed by atoms with Gasteiger partial charge < -0.3 is 15.4 Å². The third kappa shape index (κ3) is 4.97. The number of carbonyl (C=O) groups is 3. The molecule has 35 heavy (non-hydrogen) atoms. The van der Waals surface area contributed by atoms with Crippen molar-refractivity contribution in [3.63, 3.8) is 0 Å². The van der Waals surface area contributed by atoms with Gasteiger partial charge in [0.05, 0.1) is 29.3 Å². The molecule has 2 aromatic carbocycles. The summed E-state index contributed by atoms with van der Waals surface area (Å²) in [5.41, 5.74) is 2.37. The number of ether oxygens (including phenoxy) is 1. The molecular formula is C25H22N4O5S. The number of fused-ring (bicyclic) bond motifs is 1. The summed E-state index contributed by atoms with van der Waals surface area (Å²) in [6.45, 7) is 3.30.